The van der Waals surface area contributed by atoms with Gasteiger partial charge < -0.3 is 5.73 Å². The number of rotatable bonds is 3. The summed E-state index contributed by atoms with van der Waals surface area (Å²) in [5, 5.41) is 0. The number of halogens is 2. The van der Waals surface area contributed by atoms with Crippen LogP contribution in [0.3, 0.4) is 0 Å². The maximum absolute atomic E-state index is 11.9. The first-order chi connectivity index (χ1) is 5.33. The molecule has 0 fully saturated rings. The topological polar surface area (TPSA) is 26.0 Å². The Labute approximate surface area is 78.2 Å². The quantitative estimate of drug-likeness (QED) is 0.773. The van der Waals surface area contributed by atoms with Gasteiger partial charge in [-0.3, -0.25) is 0 Å². The summed E-state index contributed by atoms with van der Waals surface area (Å²) < 4.78 is 11.9. The fourth-order valence-corrected chi connectivity index (χ4v) is 0.971. The molecule has 0 heterocycles. The van der Waals surface area contributed by atoms with Gasteiger partial charge in [-0.2, -0.15) is 0 Å². The van der Waals surface area contributed by atoms with Gasteiger partial charge in [0.1, 0.15) is 6.67 Å². The molecule has 0 amide bonds. The fourth-order valence-electron chi connectivity index (χ4n) is 0.971. The second kappa shape index (κ2) is 5.98. The molecule has 0 aliphatic carbocycles. The predicted molar refractivity (Wildman–Crippen MR) is 51.3 cm³/mol. The highest BCUT2D eigenvalue weighted by Gasteiger charge is 2.01. The Bertz CT molecular complexity index is 203. The van der Waals surface area contributed by atoms with Gasteiger partial charge in [0, 0.05) is 6.04 Å². The van der Waals surface area contributed by atoms with Gasteiger partial charge in [0.15, 0.2) is 0 Å². The molecule has 1 rings (SSSR count). The Morgan fingerprint density at radius 1 is 1.25 bits per heavy atom. The molecule has 12 heavy (non-hydrogen) atoms. The minimum Gasteiger partial charge on any atom is -0.325 e. The van der Waals surface area contributed by atoms with E-state index in [0.717, 1.165) is 5.56 Å². The smallest absolute Gasteiger partial charge is 0.105 e. The molecule has 0 aliphatic heterocycles. The molecular weight excluding hydrogens is 177 g/mol. The second-order valence-electron chi connectivity index (χ2n) is 2.60. The highest BCUT2D eigenvalue weighted by atomic mass is 35.5. The van der Waals surface area contributed by atoms with Crippen molar-refractivity contribution in [3.8, 4) is 0 Å². The zero-order chi connectivity index (χ0) is 8.10. The van der Waals surface area contributed by atoms with Gasteiger partial charge in [-0.15, -0.1) is 12.4 Å². The van der Waals surface area contributed by atoms with Crippen LogP contribution in [0.2, 0.25) is 0 Å². The lowest BCUT2D eigenvalue weighted by molar-refractivity contribution is 0.427. The van der Waals surface area contributed by atoms with Gasteiger partial charge in [0.2, 0.25) is 0 Å². The highest BCUT2D eigenvalue weighted by molar-refractivity contribution is 5.85. The summed E-state index contributed by atoms with van der Waals surface area (Å²) in [6.07, 6.45) is 0.622. The third kappa shape index (κ3) is 3.69. The molecule has 1 aromatic carbocycles. The minimum absolute atomic E-state index is 0. The van der Waals surface area contributed by atoms with Crippen LogP contribution in [0.15, 0.2) is 30.3 Å². The average molecular weight is 190 g/mol. The van der Waals surface area contributed by atoms with Gasteiger partial charge >= 0.3 is 0 Å². The van der Waals surface area contributed by atoms with Gasteiger partial charge in [0.05, 0.1) is 0 Å². The van der Waals surface area contributed by atoms with Crippen LogP contribution in [-0.2, 0) is 6.42 Å². The predicted octanol–water partition coefficient (Wildman–Crippen LogP) is 1.95. The number of hydrogen-bond donors (Lipinski definition) is 1. The van der Waals surface area contributed by atoms with E-state index in [1.807, 2.05) is 30.3 Å². The fraction of sp³-hybridized carbons (Fsp3) is 0.333. The molecule has 0 saturated heterocycles. The molecule has 68 valence electrons. The van der Waals surface area contributed by atoms with E-state index in [9.17, 15) is 4.39 Å². The SMILES string of the molecule is Cl.NC(CF)Cc1ccccc1. The second-order valence-corrected chi connectivity index (χ2v) is 2.60. The van der Waals surface area contributed by atoms with Crippen molar-refractivity contribution < 1.29 is 4.39 Å². The van der Waals surface area contributed by atoms with Crippen molar-refractivity contribution >= 4 is 12.4 Å². The molecule has 0 radical (unpaired) electrons. The third-order valence-electron chi connectivity index (χ3n) is 1.54. The van der Waals surface area contributed by atoms with Crippen LogP contribution in [-0.4, -0.2) is 12.7 Å². The first kappa shape index (κ1) is 11.4. The molecule has 0 saturated carbocycles. The van der Waals surface area contributed by atoms with E-state index in [1.165, 1.54) is 0 Å². The molecule has 0 spiro atoms. The summed E-state index contributed by atoms with van der Waals surface area (Å²) in [5.41, 5.74) is 6.53. The number of alkyl halides is 1. The normalized spacial score (nSPS) is 11.8. The molecule has 2 N–H and O–H groups in total. The van der Waals surface area contributed by atoms with Crippen LogP contribution >= 0.6 is 12.4 Å². The molecule has 0 bridgehead atoms. The lowest BCUT2D eigenvalue weighted by Crippen LogP contribution is -2.24. The van der Waals surface area contributed by atoms with E-state index < -0.39 is 6.67 Å². The van der Waals surface area contributed by atoms with Crippen LogP contribution in [0.5, 0.6) is 0 Å². The van der Waals surface area contributed by atoms with Gasteiger partial charge in [0.25, 0.3) is 0 Å². The Balaban J connectivity index is 0.00000121. The van der Waals surface area contributed by atoms with Crippen molar-refractivity contribution in [3.63, 3.8) is 0 Å². The third-order valence-corrected chi connectivity index (χ3v) is 1.54. The first-order valence-corrected chi connectivity index (χ1v) is 3.68. The van der Waals surface area contributed by atoms with Crippen molar-refractivity contribution in [3.05, 3.63) is 35.9 Å². The summed E-state index contributed by atoms with van der Waals surface area (Å²) in [6.45, 7) is -0.450. The maximum Gasteiger partial charge on any atom is 0.105 e. The Morgan fingerprint density at radius 2 is 1.83 bits per heavy atom. The summed E-state index contributed by atoms with van der Waals surface area (Å²) in [6, 6.07) is 9.35. The summed E-state index contributed by atoms with van der Waals surface area (Å²) >= 11 is 0. The summed E-state index contributed by atoms with van der Waals surface area (Å²) in [7, 11) is 0. The Kier molecular flexibility index (Phi) is 5.68. The van der Waals surface area contributed by atoms with Gasteiger partial charge in [-0.1, -0.05) is 30.3 Å². The Hall–Kier alpha value is -0.600. The number of nitrogens with two attached hydrogens (primary N) is 1. The van der Waals surface area contributed by atoms with Crippen LogP contribution < -0.4 is 5.73 Å². The van der Waals surface area contributed by atoms with Crippen LogP contribution in [0.25, 0.3) is 0 Å². The van der Waals surface area contributed by atoms with E-state index in [1.54, 1.807) is 0 Å². The molecule has 0 aromatic heterocycles. The molecule has 0 aliphatic rings. The van der Waals surface area contributed by atoms with E-state index >= 15 is 0 Å². The zero-order valence-corrected chi connectivity index (χ0v) is 7.56. The molecule has 1 unspecified atom stereocenters. The highest BCUT2D eigenvalue weighted by Crippen LogP contribution is 2.01. The van der Waals surface area contributed by atoms with Gasteiger partial charge in [-0.25, -0.2) is 4.39 Å². The maximum atomic E-state index is 11.9. The van der Waals surface area contributed by atoms with Crippen LogP contribution in [0, 0.1) is 0 Å². The van der Waals surface area contributed by atoms with Crippen LogP contribution in [0.4, 0.5) is 4.39 Å². The number of benzene rings is 1. The summed E-state index contributed by atoms with van der Waals surface area (Å²) in [5.74, 6) is 0. The first-order valence-electron chi connectivity index (χ1n) is 3.68. The van der Waals surface area contributed by atoms with E-state index in [4.69, 9.17) is 5.73 Å². The van der Waals surface area contributed by atoms with Crippen LogP contribution in [0.1, 0.15) is 5.56 Å². The van der Waals surface area contributed by atoms with Crippen molar-refractivity contribution in [2.24, 2.45) is 5.73 Å². The van der Waals surface area contributed by atoms with E-state index in [2.05, 4.69) is 0 Å². The largest absolute Gasteiger partial charge is 0.325 e. The average Bonchev–Trinajstić information content (AvgIpc) is 2.06. The van der Waals surface area contributed by atoms with E-state index in [-0.39, 0.29) is 18.4 Å². The zero-order valence-electron chi connectivity index (χ0n) is 6.74. The van der Waals surface area contributed by atoms with Crippen molar-refractivity contribution in [1.82, 2.24) is 0 Å². The molecule has 1 nitrogen and oxygen atoms in total. The molecule has 1 atom stereocenters. The molecular formula is C9H13ClFN. The van der Waals surface area contributed by atoms with Crippen molar-refractivity contribution in [2.75, 3.05) is 6.67 Å². The Morgan fingerprint density at radius 3 is 2.33 bits per heavy atom. The standard InChI is InChI=1S/C9H12FN.ClH/c10-7-9(11)6-8-4-2-1-3-5-8;/h1-5,9H,6-7,11H2;1H. The monoisotopic (exact) mass is 189 g/mol. The minimum atomic E-state index is -0.450. The van der Waals surface area contributed by atoms with Crippen molar-refractivity contribution in [2.45, 2.75) is 12.5 Å². The summed E-state index contributed by atoms with van der Waals surface area (Å²) in [4.78, 5) is 0. The van der Waals surface area contributed by atoms with E-state index in [0.29, 0.717) is 6.42 Å². The lowest BCUT2D eigenvalue weighted by Gasteiger charge is -2.05. The van der Waals surface area contributed by atoms with Crippen molar-refractivity contribution in [1.29, 1.82) is 0 Å². The lowest BCUT2D eigenvalue weighted by atomic mass is 10.1. The number of hydrogen-bond acceptors (Lipinski definition) is 1. The van der Waals surface area contributed by atoms with Gasteiger partial charge in [-0.05, 0) is 12.0 Å². The molecule has 3 heteroatoms. The molecule has 1 aromatic rings.